The first kappa shape index (κ1) is 19.7. The predicted molar refractivity (Wildman–Crippen MR) is 131 cm³/mol. The zero-order valence-electron chi connectivity index (χ0n) is 17.6. The molecule has 1 aliphatic heterocycles. The predicted octanol–water partition coefficient (Wildman–Crippen LogP) is 7.18. The van der Waals surface area contributed by atoms with E-state index in [2.05, 4.69) is 90.1 Å². The molecule has 3 aromatic rings. The van der Waals surface area contributed by atoms with Gasteiger partial charge in [-0.3, -0.25) is 0 Å². The van der Waals surface area contributed by atoms with Gasteiger partial charge in [-0.1, -0.05) is 53.4 Å². The molecule has 0 amide bonds. The lowest BCUT2D eigenvalue weighted by atomic mass is 9.95. The molecule has 0 spiro atoms. The zero-order chi connectivity index (χ0) is 20.5. The van der Waals surface area contributed by atoms with E-state index in [1.54, 1.807) is 0 Å². The zero-order valence-corrected chi connectivity index (χ0v) is 19.2. The second-order valence-corrected chi connectivity index (χ2v) is 9.87. The second-order valence-electron chi connectivity index (χ2n) is 7.74. The molecule has 0 saturated carbocycles. The Labute approximate surface area is 187 Å². The highest BCUT2D eigenvalue weighted by atomic mass is 32.2. The van der Waals surface area contributed by atoms with E-state index in [1.807, 2.05) is 23.1 Å². The number of hydrogen-bond donors (Lipinski definition) is 0. The number of benzene rings is 2. The molecule has 4 heteroatoms. The van der Waals surface area contributed by atoms with Gasteiger partial charge in [0.15, 0.2) is 0 Å². The van der Waals surface area contributed by atoms with Crippen molar-refractivity contribution in [3.8, 4) is 0 Å². The van der Waals surface area contributed by atoms with Gasteiger partial charge in [0, 0.05) is 23.6 Å². The first-order valence-corrected chi connectivity index (χ1v) is 12.5. The molecule has 0 radical (unpaired) electrons. The van der Waals surface area contributed by atoms with E-state index in [0.29, 0.717) is 0 Å². The van der Waals surface area contributed by atoms with Gasteiger partial charge in [0.25, 0.3) is 5.01 Å². The Kier molecular flexibility index (Phi) is 5.53. The van der Waals surface area contributed by atoms with Crippen LogP contribution in [0.1, 0.15) is 38.1 Å². The van der Waals surface area contributed by atoms with Gasteiger partial charge in [0.05, 0.1) is 10.7 Å². The summed E-state index contributed by atoms with van der Waals surface area (Å²) in [6.07, 6.45) is 10.8. The summed E-state index contributed by atoms with van der Waals surface area (Å²) in [5.74, 6) is 0. The SMILES string of the molecule is CCN1/C(=C/C2=CC(=C/c3sc4ccccc4[n+]3CC)/CCC2)Sc2ccccc21. The van der Waals surface area contributed by atoms with Crippen molar-refractivity contribution in [1.29, 1.82) is 0 Å². The average molecular weight is 432 g/mol. The normalized spacial score (nSPS) is 19.0. The van der Waals surface area contributed by atoms with E-state index >= 15 is 0 Å². The largest absolute Gasteiger partial charge is 0.335 e. The van der Waals surface area contributed by atoms with E-state index in [1.165, 1.54) is 48.4 Å². The number of thiazole rings is 1. The number of aryl methyl sites for hydroxylation is 1. The maximum atomic E-state index is 2.44. The van der Waals surface area contributed by atoms with Crippen LogP contribution in [0.5, 0.6) is 0 Å². The molecule has 30 heavy (non-hydrogen) atoms. The Morgan fingerprint density at radius 2 is 1.83 bits per heavy atom. The fourth-order valence-electron chi connectivity index (χ4n) is 4.40. The van der Waals surface area contributed by atoms with Crippen molar-refractivity contribution in [2.75, 3.05) is 11.4 Å². The molecule has 152 valence electrons. The van der Waals surface area contributed by atoms with E-state index in [0.717, 1.165) is 25.9 Å². The molecule has 1 aromatic heterocycles. The van der Waals surface area contributed by atoms with Crippen LogP contribution < -0.4 is 9.47 Å². The summed E-state index contributed by atoms with van der Waals surface area (Å²) in [6, 6.07) is 17.5. The van der Waals surface area contributed by atoms with Crippen molar-refractivity contribution >= 4 is 45.1 Å². The summed E-state index contributed by atoms with van der Waals surface area (Å²) < 4.78 is 3.81. The molecule has 2 aliphatic rings. The van der Waals surface area contributed by atoms with Crippen molar-refractivity contribution in [3.63, 3.8) is 0 Å². The van der Waals surface area contributed by atoms with Crippen molar-refractivity contribution in [2.24, 2.45) is 0 Å². The Morgan fingerprint density at radius 1 is 1.00 bits per heavy atom. The Bertz CT molecular complexity index is 1180. The first-order chi connectivity index (χ1) is 14.8. The maximum absolute atomic E-state index is 2.44. The molecule has 2 heterocycles. The van der Waals surface area contributed by atoms with Gasteiger partial charge in [-0.25, -0.2) is 0 Å². The quantitative estimate of drug-likeness (QED) is 0.404. The molecule has 0 fully saturated rings. The fraction of sp³-hybridized carbons (Fsp3) is 0.269. The van der Waals surface area contributed by atoms with Crippen LogP contribution in [-0.2, 0) is 6.54 Å². The summed E-state index contributed by atoms with van der Waals surface area (Å²) in [7, 11) is 0. The van der Waals surface area contributed by atoms with Crippen LogP contribution in [-0.4, -0.2) is 6.54 Å². The van der Waals surface area contributed by atoms with Crippen molar-refractivity contribution in [1.82, 2.24) is 0 Å². The highest BCUT2D eigenvalue weighted by Crippen LogP contribution is 2.46. The Hall–Kier alpha value is -2.30. The first-order valence-electron chi connectivity index (χ1n) is 10.9. The van der Waals surface area contributed by atoms with Gasteiger partial charge in [-0.05, 0) is 68.5 Å². The number of allylic oxidation sites excluding steroid dienone is 4. The van der Waals surface area contributed by atoms with E-state index in [9.17, 15) is 0 Å². The lowest BCUT2D eigenvalue weighted by Crippen LogP contribution is -2.33. The van der Waals surface area contributed by atoms with Crippen LogP contribution in [0.15, 0.2) is 81.8 Å². The maximum Gasteiger partial charge on any atom is 0.263 e. The van der Waals surface area contributed by atoms with Crippen LogP contribution in [0.25, 0.3) is 16.3 Å². The van der Waals surface area contributed by atoms with Crippen LogP contribution >= 0.6 is 23.1 Å². The third-order valence-electron chi connectivity index (χ3n) is 5.83. The van der Waals surface area contributed by atoms with E-state index < -0.39 is 0 Å². The fourth-order valence-corrected chi connectivity index (χ4v) is 6.80. The number of hydrogen-bond acceptors (Lipinski definition) is 3. The van der Waals surface area contributed by atoms with Crippen molar-refractivity contribution < 1.29 is 4.57 Å². The van der Waals surface area contributed by atoms with Crippen LogP contribution in [0.4, 0.5) is 5.69 Å². The average Bonchev–Trinajstić information content (AvgIpc) is 3.30. The third kappa shape index (κ3) is 3.63. The van der Waals surface area contributed by atoms with Gasteiger partial charge in [0.1, 0.15) is 11.2 Å². The number of rotatable bonds is 4. The molecule has 0 bridgehead atoms. The molecule has 2 nitrogen and oxygen atoms in total. The third-order valence-corrected chi connectivity index (χ3v) is 8.05. The molecule has 0 atom stereocenters. The van der Waals surface area contributed by atoms with Crippen molar-refractivity contribution in [2.45, 2.75) is 44.6 Å². The molecular weight excluding hydrogens is 404 g/mol. The van der Waals surface area contributed by atoms with Crippen molar-refractivity contribution in [3.05, 3.63) is 81.9 Å². The molecule has 5 rings (SSSR count). The molecule has 0 N–H and O–H groups in total. The molecule has 0 unspecified atom stereocenters. The summed E-state index contributed by atoms with van der Waals surface area (Å²) in [4.78, 5) is 3.81. The van der Waals surface area contributed by atoms with E-state index in [4.69, 9.17) is 0 Å². The van der Waals surface area contributed by atoms with Gasteiger partial charge in [0.2, 0.25) is 5.52 Å². The molecule has 2 aromatic carbocycles. The Balaban J connectivity index is 1.48. The standard InChI is InChI=1S/C26H27N2S2/c1-3-27-21-12-5-7-14-23(21)29-25(27)17-19-10-9-11-20(16-19)18-26-28(4-2)22-13-6-8-15-24(22)30-26/h5-8,12-18H,3-4,9-11H2,1-2H3/q+1. The minimum Gasteiger partial charge on any atom is -0.335 e. The summed E-state index contributed by atoms with van der Waals surface area (Å²) in [5.41, 5.74) is 5.59. The number of aromatic nitrogens is 1. The van der Waals surface area contributed by atoms with Crippen LogP contribution in [0, 0.1) is 0 Å². The summed E-state index contributed by atoms with van der Waals surface area (Å²) in [5, 5.41) is 2.72. The number of nitrogens with zero attached hydrogens (tertiary/aromatic N) is 2. The lowest BCUT2D eigenvalue weighted by Gasteiger charge is -2.19. The molecular formula is C26H27N2S2+. The minimum atomic E-state index is 1.00. The highest BCUT2D eigenvalue weighted by molar-refractivity contribution is 8.03. The minimum absolute atomic E-state index is 1.00. The molecule has 1 aliphatic carbocycles. The number of para-hydroxylation sites is 2. The summed E-state index contributed by atoms with van der Waals surface area (Å²) in [6.45, 7) is 6.48. The Morgan fingerprint density at radius 3 is 2.70 bits per heavy atom. The van der Waals surface area contributed by atoms with Gasteiger partial charge in [-0.2, -0.15) is 4.57 Å². The summed E-state index contributed by atoms with van der Waals surface area (Å²) >= 11 is 3.80. The number of anilines is 1. The smallest absolute Gasteiger partial charge is 0.263 e. The van der Waals surface area contributed by atoms with Crippen LogP contribution in [0.3, 0.4) is 0 Å². The highest BCUT2D eigenvalue weighted by Gasteiger charge is 2.24. The molecule has 0 saturated heterocycles. The number of thioether (sulfide) groups is 1. The second kappa shape index (κ2) is 8.44. The van der Waals surface area contributed by atoms with Gasteiger partial charge in [-0.15, -0.1) is 0 Å². The van der Waals surface area contributed by atoms with Gasteiger partial charge >= 0.3 is 0 Å². The lowest BCUT2D eigenvalue weighted by molar-refractivity contribution is -0.665. The topological polar surface area (TPSA) is 7.12 Å². The van der Waals surface area contributed by atoms with Gasteiger partial charge < -0.3 is 4.90 Å². The van der Waals surface area contributed by atoms with E-state index in [-0.39, 0.29) is 0 Å². The monoisotopic (exact) mass is 431 g/mol. The number of fused-ring (bicyclic) bond motifs is 2. The van der Waals surface area contributed by atoms with Crippen LogP contribution in [0.2, 0.25) is 0 Å².